The van der Waals surface area contributed by atoms with Gasteiger partial charge >= 0.3 is 6.18 Å². The van der Waals surface area contributed by atoms with Gasteiger partial charge in [-0.2, -0.15) is 13.2 Å². The van der Waals surface area contributed by atoms with E-state index in [0.29, 0.717) is 25.9 Å². The van der Waals surface area contributed by atoms with Crippen LogP contribution >= 0.6 is 11.8 Å². The van der Waals surface area contributed by atoms with Gasteiger partial charge in [0, 0.05) is 20.1 Å². The van der Waals surface area contributed by atoms with Crippen LogP contribution in [0.4, 0.5) is 13.2 Å². The Morgan fingerprint density at radius 2 is 1.89 bits per heavy atom. The van der Waals surface area contributed by atoms with Crippen molar-refractivity contribution in [2.75, 3.05) is 19.8 Å². The van der Waals surface area contributed by atoms with E-state index in [0.717, 1.165) is 39.8 Å². The normalized spacial score (nSPS) is 16.9. The second-order valence-electron chi connectivity index (χ2n) is 8.64. The van der Waals surface area contributed by atoms with Crippen LogP contribution < -0.4 is 5.32 Å². The molecule has 1 N–H and O–H groups in total. The number of halogens is 3. The molecule has 0 fully saturated rings. The summed E-state index contributed by atoms with van der Waals surface area (Å²) in [5.74, 6) is -0.112. The molecule has 2 atom stereocenters. The molecule has 2 heterocycles. The quantitative estimate of drug-likeness (QED) is 0.390. The number of carbonyl (C=O) groups is 1. The van der Waals surface area contributed by atoms with Gasteiger partial charge in [-0.1, -0.05) is 60.8 Å². The lowest BCUT2D eigenvalue weighted by Gasteiger charge is -2.41. The van der Waals surface area contributed by atoms with Crippen molar-refractivity contribution >= 4 is 23.7 Å². The van der Waals surface area contributed by atoms with Crippen LogP contribution in [0.25, 0.3) is 6.08 Å². The molecule has 0 aliphatic carbocycles. The molecule has 4 rings (SSSR count). The number of amides is 1. The van der Waals surface area contributed by atoms with Gasteiger partial charge in [0.1, 0.15) is 6.04 Å². The maximum absolute atomic E-state index is 13.2. The Bertz CT molecular complexity index is 1210. The second-order valence-corrected chi connectivity index (χ2v) is 9.41. The molecule has 1 amide bonds. The summed E-state index contributed by atoms with van der Waals surface area (Å²) in [6.07, 6.45) is 0.493. The Labute approximate surface area is 213 Å². The van der Waals surface area contributed by atoms with E-state index in [1.807, 2.05) is 36.6 Å². The lowest BCUT2D eigenvalue weighted by atomic mass is 9.94. The van der Waals surface area contributed by atoms with Crippen molar-refractivity contribution < 1.29 is 18.0 Å². The number of aromatic nitrogens is 2. The molecule has 3 aromatic rings. The highest BCUT2D eigenvalue weighted by atomic mass is 32.2. The molecular formula is C27H29F3N4OS. The third-order valence-corrected chi connectivity index (χ3v) is 7.28. The van der Waals surface area contributed by atoms with Crippen molar-refractivity contribution in [2.24, 2.45) is 0 Å². The summed E-state index contributed by atoms with van der Waals surface area (Å²) in [6.45, 7) is 5.26. The van der Waals surface area contributed by atoms with Crippen LogP contribution in [0.5, 0.6) is 0 Å². The lowest BCUT2D eigenvalue weighted by molar-refractivity contribution is -0.137. The number of carbonyl (C=O) groups excluding carboxylic acids is 1. The van der Waals surface area contributed by atoms with Crippen molar-refractivity contribution in [2.45, 2.75) is 42.8 Å². The molecule has 0 unspecified atom stereocenters. The first kappa shape index (κ1) is 26.0. The fraction of sp³-hybridized carbons (Fsp3) is 0.333. The third-order valence-electron chi connectivity index (χ3n) is 6.60. The summed E-state index contributed by atoms with van der Waals surface area (Å²) in [7, 11) is 1.63. The number of alkyl halides is 3. The molecule has 2 aromatic carbocycles. The number of aryl methyl sites for hydroxylation is 1. The van der Waals surface area contributed by atoms with Gasteiger partial charge in [-0.25, -0.2) is 4.98 Å². The second kappa shape index (κ2) is 10.9. The van der Waals surface area contributed by atoms with Crippen LogP contribution in [0.3, 0.4) is 0 Å². The van der Waals surface area contributed by atoms with Crippen LogP contribution in [0, 0.1) is 0 Å². The highest BCUT2D eigenvalue weighted by Crippen LogP contribution is 2.40. The number of benzene rings is 2. The fourth-order valence-corrected chi connectivity index (χ4v) is 5.50. The number of hydrogen-bond acceptors (Lipinski definition) is 4. The number of likely N-dealkylation sites (N-methyl/N-ethyl adjacent to an activating group) is 1. The minimum atomic E-state index is -4.37. The van der Waals surface area contributed by atoms with Crippen molar-refractivity contribution in [3.05, 3.63) is 89.3 Å². The molecule has 5 nitrogen and oxygen atoms in total. The third kappa shape index (κ3) is 5.22. The van der Waals surface area contributed by atoms with Crippen LogP contribution in [-0.2, 0) is 23.9 Å². The summed E-state index contributed by atoms with van der Waals surface area (Å²) in [4.78, 5) is 20.1. The van der Waals surface area contributed by atoms with Crippen LogP contribution in [0.1, 0.15) is 46.6 Å². The van der Waals surface area contributed by atoms with Crippen molar-refractivity contribution in [3.8, 4) is 0 Å². The fourth-order valence-electron chi connectivity index (χ4n) is 4.90. The molecule has 1 aliphatic rings. The summed E-state index contributed by atoms with van der Waals surface area (Å²) in [5.41, 5.74) is 2.78. The first-order valence-corrected chi connectivity index (χ1v) is 13.0. The van der Waals surface area contributed by atoms with Crippen molar-refractivity contribution in [3.63, 3.8) is 0 Å². The molecular weight excluding hydrogens is 485 g/mol. The highest BCUT2D eigenvalue weighted by molar-refractivity contribution is 7.98. The Morgan fingerprint density at radius 3 is 2.47 bits per heavy atom. The van der Waals surface area contributed by atoms with E-state index in [4.69, 9.17) is 4.98 Å². The molecule has 36 heavy (non-hydrogen) atoms. The van der Waals surface area contributed by atoms with Gasteiger partial charge < -0.3 is 9.88 Å². The predicted molar refractivity (Wildman–Crippen MR) is 137 cm³/mol. The molecule has 1 aromatic heterocycles. The first-order valence-electron chi connectivity index (χ1n) is 11.7. The molecule has 0 saturated carbocycles. The number of thioether (sulfide) groups is 1. The Hall–Kier alpha value is -3.04. The maximum atomic E-state index is 13.2. The maximum Gasteiger partial charge on any atom is 0.416 e. The van der Waals surface area contributed by atoms with Crippen LogP contribution in [0.2, 0.25) is 0 Å². The van der Waals surface area contributed by atoms with E-state index in [-0.39, 0.29) is 11.9 Å². The van der Waals surface area contributed by atoms with Gasteiger partial charge in [0.05, 0.1) is 23.0 Å². The molecule has 0 saturated heterocycles. The van der Waals surface area contributed by atoms with E-state index in [1.165, 1.54) is 12.1 Å². The minimum Gasteiger partial charge on any atom is -0.358 e. The SMILES string of the molecule is C=Cc1nc(SC)n2c1[C@H](CCc1ccc(C(F)(F)F)cc1)N([C@@H](C(=O)NC)c1ccccc1)CC2. The van der Waals surface area contributed by atoms with E-state index in [2.05, 4.69) is 21.4 Å². The van der Waals surface area contributed by atoms with E-state index in [1.54, 1.807) is 24.9 Å². The van der Waals surface area contributed by atoms with Crippen molar-refractivity contribution in [1.29, 1.82) is 0 Å². The molecule has 0 radical (unpaired) electrons. The molecule has 190 valence electrons. The van der Waals surface area contributed by atoms with Gasteiger partial charge in [0.15, 0.2) is 5.16 Å². The Morgan fingerprint density at radius 1 is 1.19 bits per heavy atom. The Balaban J connectivity index is 1.73. The van der Waals surface area contributed by atoms with Gasteiger partial charge in [-0.15, -0.1) is 0 Å². The van der Waals surface area contributed by atoms with E-state index >= 15 is 0 Å². The zero-order valence-electron chi connectivity index (χ0n) is 20.3. The monoisotopic (exact) mass is 514 g/mol. The minimum absolute atomic E-state index is 0.112. The topological polar surface area (TPSA) is 50.2 Å². The largest absolute Gasteiger partial charge is 0.416 e. The van der Waals surface area contributed by atoms with Crippen LogP contribution in [-0.4, -0.2) is 40.2 Å². The summed E-state index contributed by atoms with van der Waals surface area (Å²) < 4.78 is 41.3. The lowest BCUT2D eigenvalue weighted by Crippen LogP contribution is -2.46. The number of fused-ring (bicyclic) bond motifs is 1. The number of imidazole rings is 1. The van der Waals surface area contributed by atoms with E-state index in [9.17, 15) is 18.0 Å². The first-order chi connectivity index (χ1) is 17.3. The van der Waals surface area contributed by atoms with Gasteiger partial charge in [-0.3, -0.25) is 9.69 Å². The molecule has 9 heteroatoms. The number of nitrogens with zero attached hydrogens (tertiary/aromatic N) is 3. The average Bonchev–Trinajstić information content (AvgIpc) is 3.26. The number of nitrogens with one attached hydrogen (secondary N) is 1. The number of hydrogen-bond donors (Lipinski definition) is 1. The molecule has 1 aliphatic heterocycles. The van der Waals surface area contributed by atoms with Crippen LogP contribution in [0.15, 0.2) is 66.3 Å². The summed E-state index contributed by atoms with van der Waals surface area (Å²) >= 11 is 1.56. The molecule has 0 spiro atoms. The highest BCUT2D eigenvalue weighted by Gasteiger charge is 2.39. The molecule has 0 bridgehead atoms. The smallest absolute Gasteiger partial charge is 0.358 e. The number of rotatable bonds is 8. The van der Waals surface area contributed by atoms with Gasteiger partial charge in [0.25, 0.3) is 0 Å². The summed E-state index contributed by atoms with van der Waals surface area (Å²) in [5, 5.41) is 3.70. The zero-order chi connectivity index (χ0) is 25.9. The zero-order valence-corrected chi connectivity index (χ0v) is 21.1. The van der Waals surface area contributed by atoms with Gasteiger partial charge in [0.2, 0.25) is 5.91 Å². The Kier molecular flexibility index (Phi) is 7.90. The van der Waals surface area contributed by atoms with Gasteiger partial charge in [-0.05, 0) is 48.4 Å². The standard InChI is InChI=1S/C27H29F3N4OS/c1-4-21-24-22(15-12-18-10-13-20(14-11-18)27(28,29)30)33(16-17-34(24)26(32-21)36-3)23(25(35)31-2)19-8-6-5-7-9-19/h4-11,13-14,22-23H,1,12,15-17H2,2-3H3,(H,31,35)/t22-,23+/m0/s1. The summed E-state index contributed by atoms with van der Waals surface area (Å²) in [6, 6.07) is 14.2. The predicted octanol–water partition coefficient (Wildman–Crippen LogP) is 5.74. The average molecular weight is 515 g/mol. The van der Waals surface area contributed by atoms with E-state index < -0.39 is 17.8 Å². The van der Waals surface area contributed by atoms with Crippen molar-refractivity contribution in [1.82, 2.24) is 19.8 Å².